The molecule has 4 rings (SSSR count). The Hall–Kier alpha value is -4.14. The van der Waals surface area contributed by atoms with Gasteiger partial charge in [-0.3, -0.25) is 0 Å². The quantitative estimate of drug-likeness (QED) is 0.413. The maximum absolute atomic E-state index is 5.30. The molecular formula is C28H20O2. The van der Waals surface area contributed by atoms with Crippen molar-refractivity contribution in [2.75, 3.05) is 14.2 Å². The van der Waals surface area contributed by atoms with E-state index in [1.165, 1.54) is 10.8 Å². The normalized spacial score (nSPS) is 9.80. The lowest BCUT2D eigenvalue weighted by molar-refractivity contribution is 0.394. The second kappa shape index (κ2) is 8.91. The van der Waals surface area contributed by atoms with Gasteiger partial charge in [-0.05, 0) is 53.2 Å². The van der Waals surface area contributed by atoms with Crippen LogP contribution in [-0.2, 0) is 0 Å². The highest BCUT2D eigenvalue weighted by Crippen LogP contribution is 2.22. The van der Waals surface area contributed by atoms with Gasteiger partial charge >= 0.3 is 0 Å². The third kappa shape index (κ3) is 4.64. The van der Waals surface area contributed by atoms with Crippen molar-refractivity contribution in [2.45, 2.75) is 0 Å². The van der Waals surface area contributed by atoms with Gasteiger partial charge < -0.3 is 9.47 Å². The lowest BCUT2D eigenvalue weighted by atomic mass is 10.1. The molecule has 0 radical (unpaired) electrons. The van der Waals surface area contributed by atoms with Gasteiger partial charge in [0, 0.05) is 28.3 Å². The summed E-state index contributed by atoms with van der Waals surface area (Å²) in [5.41, 5.74) is 3.66. The van der Waals surface area contributed by atoms with Crippen molar-refractivity contribution in [2.24, 2.45) is 0 Å². The summed E-state index contributed by atoms with van der Waals surface area (Å²) in [4.78, 5) is 0. The van der Waals surface area contributed by atoms with Crippen molar-refractivity contribution in [3.05, 3.63) is 107 Å². The Morgan fingerprint density at radius 3 is 1.67 bits per heavy atom. The molecule has 0 N–H and O–H groups in total. The van der Waals surface area contributed by atoms with Crippen LogP contribution < -0.4 is 9.47 Å². The van der Waals surface area contributed by atoms with Crippen LogP contribution >= 0.6 is 0 Å². The zero-order valence-electron chi connectivity index (χ0n) is 16.9. The van der Waals surface area contributed by atoms with Gasteiger partial charge in [-0.15, -0.1) is 0 Å². The molecule has 2 nitrogen and oxygen atoms in total. The first-order chi connectivity index (χ1) is 14.7. The molecule has 0 aromatic heterocycles. The number of ether oxygens (including phenoxy) is 2. The third-order valence-electron chi connectivity index (χ3n) is 4.67. The van der Waals surface area contributed by atoms with Crippen LogP contribution in [0, 0.1) is 23.7 Å². The molecule has 0 heterocycles. The van der Waals surface area contributed by atoms with Crippen molar-refractivity contribution in [1.29, 1.82) is 0 Å². The predicted octanol–water partition coefficient (Wildman–Crippen LogP) is 5.66. The van der Waals surface area contributed by atoms with Crippen LogP contribution in [0.5, 0.6) is 11.5 Å². The highest BCUT2D eigenvalue weighted by molar-refractivity contribution is 5.83. The van der Waals surface area contributed by atoms with E-state index in [0.717, 1.165) is 22.3 Å². The lowest BCUT2D eigenvalue weighted by Crippen LogP contribution is -1.88. The molecule has 30 heavy (non-hydrogen) atoms. The van der Waals surface area contributed by atoms with Crippen LogP contribution in [0.2, 0.25) is 0 Å². The first-order valence-electron chi connectivity index (χ1n) is 9.59. The Bertz CT molecular complexity index is 1310. The molecule has 0 atom stereocenters. The summed E-state index contributed by atoms with van der Waals surface area (Å²) >= 11 is 0. The Kier molecular flexibility index (Phi) is 5.70. The largest absolute Gasteiger partial charge is 0.497 e. The Morgan fingerprint density at radius 2 is 1.03 bits per heavy atom. The Morgan fingerprint density at radius 1 is 0.467 bits per heavy atom. The molecule has 4 aromatic rings. The van der Waals surface area contributed by atoms with Crippen molar-refractivity contribution in [3.63, 3.8) is 0 Å². The average Bonchev–Trinajstić information content (AvgIpc) is 2.81. The van der Waals surface area contributed by atoms with Gasteiger partial charge in [0.2, 0.25) is 0 Å². The van der Waals surface area contributed by atoms with E-state index < -0.39 is 0 Å². The van der Waals surface area contributed by atoms with E-state index in [-0.39, 0.29) is 0 Å². The Balaban J connectivity index is 1.58. The number of methoxy groups -OCH3 is 2. The third-order valence-corrected chi connectivity index (χ3v) is 4.67. The van der Waals surface area contributed by atoms with E-state index >= 15 is 0 Å². The fourth-order valence-corrected chi connectivity index (χ4v) is 3.11. The highest BCUT2D eigenvalue weighted by Gasteiger charge is 1.99. The minimum Gasteiger partial charge on any atom is -0.497 e. The molecule has 0 saturated carbocycles. The molecule has 0 unspecified atom stereocenters. The first kappa shape index (κ1) is 19.2. The van der Waals surface area contributed by atoms with E-state index in [1.54, 1.807) is 14.2 Å². The van der Waals surface area contributed by atoms with Crippen LogP contribution in [-0.4, -0.2) is 14.2 Å². The summed E-state index contributed by atoms with van der Waals surface area (Å²) in [6.07, 6.45) is 0. The van der Waals surface area contributed by atoms with Crippen LogP contribution in [0.4, 0.5) is 0 Å². The topological polar surface area (TPSA) is 18.5 Å². The minimum absolute atomic E-state index is 0.716. The SMILES string of the molecule is COc1cc(C#Cc2cccc(C#Cc3ccc4ccccc4c3)c2)cc(OC)c1. The molecule has 0 aliphatic heterocycles. The van der Waals surface area contributed by atoms with Crippen LogP contribution in [0.25, 0.3) is 10.8 Å². The zero-order valence-corrected chi connectivity index (χ0v) is 16.9. The monoisotopic (exact) mass is 388 g/mol. The van der Waals surface area contributed by atoms with Crippen molar-refractivity contribution < 1.29 is 9.47 Å². The summed E-state index contributed by atoms with van der Waals surface area (Å²) in [6, 6.07) is 28.1. The zero-order chi connectivity index (χ0) is 20.8. The summed E-state index contributed by atoms with van der Waals surface area (Å²) in [5.74, 6) is 14.3. The molecule has 0 fully saturated rings. The number of hydrogen-bond donors (Lipinski definition) is 0. The molecule has 0 aliphatic rings. The molecule has 0 saturated heterocycles. The van der Waals surface area contributed by atoms with Gasteiger partial charge in [-0.25, -0.2) is 0 Å². The lowest BCUT2D eigenvalue weighted by Gasteiger charge is -2.04. The molecule has 0 spiro atoms. The van der Waals surface area contributed by atoms with Gasteiger partial charge in [-0.2, -0.15) is 0 Å². The molecular weight excluding hydrogens is 368 g/mol. The van der Waals surface area contributed by atoms with Gasteiger partial charge in [0.15, 0.2) is 0 Å². The second-order valence-electron chi connectivity index (χ2n) is 6.74. The summed E-state index contributed by atoms with van der Waals surface area (Å²) in [6.45, 7) is 0. The summed E-state index contributed by atoms with van der Waals surface area (Å²) < 4.78 is 10.6. The van der Waals surface area contributed by atoms with E-state index in [0.29, 0.717) is 11.5 Å². The molecule has 0 amide bonds. The number of hydrogen-bond acceptors (Lipinski definition) is 2. The summed E-state index contributed by atoms with van der Waals surface area (Å²) in [7, 11) is 3.26. The molecule has 2 heteroatoms. The fraction of sp³-hybridized carbons (Fsp3) is 0.0714. The van der Waals surface area contributed by atoms with Gasteiger partial charge in [-0.1, -0.05) is 60.1 Å². The maximum Gasteiger partial charge on any atom is 0.123 e. The van der Waals surface area contributed by atoms with Gasteiger partial charge in [0.1, 0.15) is 11.5 Å². The van der Waals surface area contributed by atoms with Crippen LogP contribution in [0.1, 0.15) is 22.3 Å². The first-order valence-corrected chi connectivity index (χ1v) is 9.59. The summed E-state index contributed by atoms with van der Waals surface area (Å²) in [5, 5.41) is 2.41. The second-order valence-corrected chi connectivity index (χ2v) is 6.74. The van der Waals surface area contributed by atoms with E-state index in [1.807, 2.05) is 54.6 Å². The van der Waals surface area contributed by atoms with Gasteiger partial charge in [0.05, 0.1) is 14.2 Å². The number of fused-ring (bicyclic) bond motifs is 1. The van der Waals surface area contributed by atoms with E-state index in [4.69, 9.17) is 9.47 Å². The molecule has 0 bridgehead atoms. The van der Waals surface area contributed by atoms with Crippen molar-refractivity contribution >= 4 is 10.8 Å². The van der Waals surface area contributed by atoms with Gasteiger partial charge in [0.25, 0.3) is 0 Å². The number of benzene rings is 4. The maximum atomic E-state index is 5.30. The predicted molar refractivity (Wildman–Crippen MR) is 122 cm³/mol. The standard InChI is InChI=1S/C28H20O2/c1-29-27-18-24(19-28(20-27)30-2)13-12-22-7-5-6-21(16-22)10-11-23-14-15-25-8-3-4-9-26(25)17-23/h3-9,14-20H,1-2H3. The van der Waals surface area contributed by atoms with Crippen molar-refractivity contribution in [3.8, 4) is 35.2 Å². The smallest absolute Gasteiger partial charge is 0.123 e. The number of rotatable bonds is 2. The van der Waals surface area contributed by atoms with Crippen LogP contribution in [0.15, 0.2) is 84.9 Å². The fourth-order valence-electron chi connectivity index (χ4n) is 3.11. The molecule has 0 aliphatic carbocycles. The van der Waals surface area contributed by atoms with Crippen LogP contribution in [0.3, 0.4) is 0 Å². The minimum atomic E-state index is 0.716. The van der Waals surface area contributed by atoms with Crippen molar-refractivity contribution in [1.82, 2.24) is 0 Å². The molecule has 144 valence electrons. The van der Waals surface area contributed by atoms with E-state index in [2.05, 4.69) is 54.0 Å². The highest BCUT2D eigenvalue weighted by atomic mass is 16.5. The molecule has 4 aromatic carbocycles. The Labute approximate surface area is 177 Å². The average molecular weight is 388 g/mol. The van der Waals surface area contributed by atoms with E-state index in [9.17, 15) is 0 Å².